The number of pyridine rings is 3. The van der Waals surface area contributed by atoms with Gasteiger partial charge in [-0.15, -0.1) is 0 Å². The highest BCUT2D eigenvalue weighted by Crippen LogP contribution is 2.29. The average molecular weight is 408 g/mol. The first-order chi connectivity index (χ1) is 13.2. The minimum atomic E-state index is -4.53. The lowest BCUT2D eigenvalue weighted by Gasteiger charge is -2.10. The van der Waals surface area contributed by atoms with E-state index in [1.165, 1.54) is 12.3 Å². The predicted molar refractivity (Wildman–Crippen MR) is 95.6 cm³/mol. The maximum atomic E-state index is 12.6. The van der Waals surface area contributed by atoms with Gasteiger partial charge in [-0.2, -0.15) is 13.2 Å². The Hall–Kier alpha value is -3.00. The standard InChI is InChI=1S/C19H13ClF3N3O2/c1-11-6-15(28-14-4-5-18(25-10-14)19(21,22)23)8-16(26-11)17(27)7-13-3-2-12(20)9-24-13/h2-6,8-10H,7H2,1H3. The molecule has 3 aromatic rings. The van der Waals surface area contributed by atoms with Gasteiger partial charge in [0.05, 0.1) is 17.6 Å². The van der Waals surface area contributed by atoms with Gasteiger partial charge in [-0.1, -0.05) is 11.6 Å². The van der Waals surface area contributed by atoms with Crippen molar-refractivity contribution in [2.45, 2.75) is 19.5 Å². The maximum absolute atomic E-state index is 12.6. The zero-order chi connectivity index (χ0) is 20.3. The molecule has 0 aliphatic carbocycles. The summed E-state index contributed by atoms with van der Waals surface area (Å²) in [6, 6.07) is 8.23. The Morgan fingerprint density at radius 2 is 1.86 bits per heavy atom. The number of rotatable bonds is 5. The molecule has 3 rings (SSSR count). The molecule has 5 nitrogen and oxygen atoms in total. The number of hydrogen-bond acceptors (Lipinski definition) is 5. The van der Waals surface area contributed by atoms with Gasteiger partial charge in [0, 0.05) is 29.7 Å². The van der Waals surface area contributed by atoms with E-state index in [0.29, 0.717) is 16.4 Å². The Morgan fingerprint density at radius 3 is 2.46 bits per heavy atom. The van der Waals surface area contributed by atoms with Crippen molar-refractivity contribution in [1.29, 1.82) is 0 Å². The minimum absolute atomic E-state index is 0.0227. The molecule has 0 amide bonds. The van der Waals surface area contributed by atoms with Gasteiger partial charge in [0.25, 0.3) is 0 Å². The smallest absolute Gasteiger partial charge is 0.433 e. The summed E-state index contributed by atoms with van der Waals surface area (Å²) in [6.45, 7) is 1.68. The van der Waals surface area contributed by atoms with Gasteiger partial charge in [0.1, 0.15) is 22.9 Å². The van der Waals surface area contributed by atoms with E-state index in [-0.39, 0.29) is 29.4 Å². The number of Topliss-reactive ketones (excluding diaryl/α,β-unsaturated/α-hetero) is 1. The van der Waals surface area contributed by atoms with Crippen molar-refractivity contribution in [1.82, 2.24) is 15.0 Å². The van der Waals surface area contributed by atoms with Gasteiger partial charge in [0.2, 0.25) is 0 Å². The second-order valence-electron chi connectivity index (χ2n) is 5.88. The molecule has 0 saturated carbocycles. The van der Waals surface area contributed by atoms with Crippen LogP contribution in [-0.4, -0.2) is 20.7 Å². The van der Waals surface area contributed by atoms with Gasteiger partial charge in [-0.3, -0.25) is 9.78 Å². The molecule has 0 aromatic carbocycles. The highest BCUT2D eigenvalue weighted by Gasteiger charge is 2.32. The van der Waals surface area contributed by atoms with E-state index < -0.39 is 11.9 Å². The Morgan fingerprint density at radius 1 is 1.07 bits per heavy atom. The van der Waals surface area contributed by atoms with Gasteiger partial charge < -0.3 is 4.74 Å². The number of ketones is 1. The summed E-state index contributed by atoms with van der Waals surface area (Å²) >= 11 is 5.77. The summed E-state index contributed by atoms with van der Waals surface area (Å²) in [5, 5.41) is 0.464. The van der Waals surface area contributed by atoms with E-state index in [1.54, 1.807) is 25.1 Å². The van der Waals surface area contributed by atoms with Crippen molar-refractivity contribution in [2.24, 2.45) is 0 Å². The predicted octanol–water partition coefficient (Wildman–Crippen LogP) is 5.07. The zero-order valence-corrected chi connectivity index (χ0v) is 15.3. The lowest BCUT2D eigenvalue weighted by Crippen LogP contribution is -2.08. The van der Waals surface area contributed by atoms with E-state index in [4.69, 9.17) is 16.3 Å². The lowest BCUT2D eigenvalue weighted by atomic mass is 10.1. The second kappa shape index (κ2) is 7.93. The van der Waals surface area contributed by atoms with Crippen LogP contribution in [0.3, 0.4) is 0 Å². The number of aromatic nitrogens is 3. The largest absolute Gasteiger partial charge is 0.456 e. The molecule has 0 aliphatic heterocycles. The van der Waals surface area contributed by atoms with Crippen LogP contribution < -0.4 is 4.74 Å². The Bertz CT molecular complexity index is 991. The van der Waals surface area contributed by atoms with Crippen LogP contribution >= 0.6 is 11.6 Å². The number of aryl methyl sites for hydroxylation is 1. The topological polar surface area (TPSA) is 65.0 Å². The molecule has 0 radical (unpaired) electrons. The fourth-order valence-electron chi connectivity index (χ4n) is 2.35. The van der Waals surface area contributed by atoms with Crippen LogP contribution in [0, 0.1) is 6.92 Å². The summed E-state index contributed by atoms with van der Waals surface area (Å²) in [4.78, 5) is 24.1. The highest BCUT2D eigenvalue weighted by molar-refractivity contribution is 6.30. The molecule has 3 heterocycles. The first-order valence-electron chi connectivity index (χ1n) is 8.04. The molecule has 9 heteroatoms. The first kappa shape index (κ1) is 19.8. The molecule has 0 saturated heterocycles. The molecular formula is C19H13ClF3N3O2. The Balaban J connectivity index is 1.77. The number of alkyl halides is 3. The van der Waals surface area contributed by atoms with E-state index >= 15 is 0 Å². The maximum Gasteiger partial charge on any atom is 0.433 e. The van der Waals surface area contributed by atoms with E-state index in [1.807, 2.05) is 0 Å². The van der Waals surface area contributed by atoms with Crippen LogP contribution in [-0.2, 0) is 12.6 Å². The quantitative estimate of drug-likeness (QED) is 0.552. The third-order valence-corrected chi connectivity index (χ3v) is 3.83. The molecule has 0 aliphatic rings. The van der Waals surface area contributed by atoms with Crippen LogP contribution in [0.25, 0.3) is 0 Å². The zero-order valence-electron chi connectivity index (χ0n) is 14.5. The van der Waals surface area contributed by atoms with Crippen molar-refractivity contribution in [2.75, 3.05) is 0 Å². The number of carbonyl (C=O) groups excluding carboxylic acids is 1. The third-order valence-electron chi connectivity index (χ3n) is 3.61. The number of carbonyl (C=O) groups is 1. The summed E-state index contributed by atoms with van der Waals surface area (Å²) < 4.78 is 43.3. The van der Waals surface area contributed by atoms with E-state index in [9.17, 15) is 18.0 Å². The molecule has 0 N–H and O–H groups in total. The van der Waals surface area contributed by atoms with Crippen LogP contribution in [0.5, 0.6) is 11.5 Å². The summed E-state index contributed by atoms with van der Waals surface area (Å²) in [7, 11) is 0. The molecule has 0 fully saturated rings. The van der Waals surface area contributed by atoms with Gasteiger partial charge in [-0.25, -0.2) is 9.97 Å². The van der Waals surface area contributed by atoms with Gasteiger partial charge in [0.15, 0.2) is 5.78 Å². The van der Waals surface area contributed by atoms with E-state index in [0.717, 1.165) is 18.3 Å². The minimum Gasteiger partial charge on any atom is -0.456 e. The highest BCUT2D eigenvalue weighted by atomic mass is 35.5. The average Bonchev–Trinajstić information content (AvgIpc) is 2.63. The molecule has 3 aromatic heterocycles. The van der Waals surface area contributed by atoms with Crippen molar-refractivity contribution in [3.8, 4) is 11.5 Å². The fourth-order valence-corrected chi connectivity index (χ4v) is 2.46. The molecule has 0 atom stereocenters. The molecule has 0 unspecified atom stereocenters. The molecule has 28 heavy (non-hydrogen) atoms. The first-order valence-corrected chi connectivity index (χ1v) is 8.42. The van der Waals surface area contributed by atoms with Crippen LogP contribution in [0.2, 0.25) is 5.02 Å². The fraction of sp³-hybridized carbons (Fsp3) is 0.158. The Kier molecular flexibility index (Phi) is 5.60. The monoisotopic (exact) mass is 407 g/mol. The summed E-state index contributed by atoms with van der Waals surface area (Å²) in [5.74, 6) is 0.0896. The lowest BCUT2D eigenvalue weighted by molar-refractivity contribution is -0.141. The van der Waals surface area contributed by atoms with Crippen LogP contribution in [0.15, 0.2) is 48.8 Å². The van der Waals surface area contributed by atoms with Crippen molar-refractivity contribution in [3.05, 3.63) is 76.6 Å². The van der Waals surface area contributed by atoms with Crippen molar-refractivity contribution < 1.29 is 22.7 Å². The summed E-state index contributed by atoms with van der Waals surface area (Å²) in [6.07, 6.45) is -2.09. The second-order valence-corrected chi connectivity index (χ2v) is 6.31. The summed E-state index contributed by atoms with van der Waals surface area (Å²) in [5.41, 5.74) is 0.195. The number of hydrogen-bond donors (Lipinski definition) is 0. The number of halogens is 4. The van der Waals surface area contributed by atoms with Crippen LogP contribution in [0.1, 0.15) is 27.6 Å². The number of ether oxygens (including phenoxy) is 1. The van der Waals surface area contributed by atoms with Crippen molar-refractivity contribution in [3.63, 3.8) is 0 Å². The molecule has 144 valence electrons. The SMILES string of the molecule is Cc1cc(Oc2ccc(C(F)(F)F)nc2)cc(C(=O)Cc2ccc(Cl)cn2)n1. The van der Waals surface area contributed by atoms with Gasteiger partial charge >= 0.3 is 6.18 Å². The molecular weight excluding hydrogens is 395 g/mol. The normalized spacial score (nSPS) is 11.3. The van der Waals surface area contributed by atoms with E-state index in [2.05, 4.69) is 15.0 Å². The molecule has 0 bridgehead atoms. The molecule has 0 spiro atoms. The Labute approximate surface area is 163 Å². The van der Waals surface area contributed by atoms with Gasteiger partial charge in [-0.05, 0) is 31.2 Å². The van der Waals surface area contributed by atoms with Crippen LogP contribution in [0.4, 0.5) is 13.2 Å². The third kappa shape index (κ3) is 5.04. The number of nitrogens with zero attached hydrogens (tertiary/aromatic N) is 3. The van der Waals surface area contributed by atoms with Crippen molar-refractivity contribution >= 4 is 17.4 Å².